The van der Waals surface area contributed by atoms with Gasteiger partial charge < -0.3 is 10.9 Å². The lowest BCUT2D eigenvalue weighted by Crippen LogP contribution is -2.30. The lowest BCUT2D eigenvalue weighted by Gasteiger charge is -2.23. The van der Waals surface area contributed by atoms with Gasteiger partial charge in [0.15, 0.2) is 5.84 Å². The molecule has 116 valence electrons. The van der Waals surface area contributed by atoms with Crippen LogP contribution in [-0.4, -0.2) is 24.7 Å². The third kappa shape index (κ3) is 3.79. The topological polar surface area (TPSA) is 105 Å². The molecule has 0 atom stereocenters. The van der Waals surface area contributed by atoms with Crippen LogP contribution in [0.25, 0.3) is 0 Å². The van der Waals surface area contributed by atoms with Crippen molar-refractivity contribution in [1.29, 1.82) is 0 Å². The number of halogens is 1. The maximum absolute atomic E-state index is 12.4. The van der Waals surface area contributed by atoms with E-state index in [9.17, 15) is 8.42 Å². The van der Waals surface area contributed by atoms with E-state index in [1.807, 2.05) is 0 Å². The summed E-state index contributed by atoms with van der Waals surface area (Å²) < 4.78 is 27.4. The van der Waals surface area contributed by atoms with Crippen LogP contribution in [0.15, 0.2) is 23.4 Å². The van der Waals surface area contributed by atoms with E-state index in [0.29, 0.717) is 23.4 Å². The molecule has 2 rings (SSSR count). The minimum Gasteiger partial charge on any atom is -0.409 e. The van der Waals surface area contributed by atoms with Crippen molar-refractivity contribution in [3.63, 3.8) is 0 Å². The Kier molecular flexibility index (Phi) is 4.95. The molecule has 1 fully saturated rings. The predicted octanol–water partition coefficient (Wildman–Crippen LogP) is 2.51. The zero-order valence-electron chi connectivity index (χ0n) is 11.4. The van der Waals surface area contributed by atoms with Crippen molar-refractivity contribution in [2.75, 3.05) is 4.72 Å². The van der Waals surface area contributed by atoms with Gasteiger partial charge in [-0.15, -0.1) is 0 Å². The van der Waals surface area contributed by atoms with E-state index >= 15 is 0 Å². The van der Waals surface area contributed by atoms with Crippen LogP contribution in [0.1, 0.15) is 37.7 Å². The van der Waals surface area contributed by atoms with Crippen LogP contribution >= 0.6 is 11.6 Å². The van der Waals surface area contributed by atoms with Gasteiger partial charge in [0, 0.05) is 10.6 Å². The van der Waals surface area contributed by atoms with Crippen LogP contribution in [0.5, 0.6) is 0 Å². The van der Waals surface area contributed by atoms with E-state index in [4.69, 9.17) is 22.5 Å². The summed E-state index contributed by atoms with van der Waals surface area (Å²) in [7, 11) is -3.52. The van der Waals surface area contributed by atoms with Gasteiger partial charge in [0.25, 0.3) is 0 Å². The monoisotopic (exact) mass is 331 g/mol. The minimum absolute atomic E-state index is 0.173. The summed E-state index contributed by atoms with van der Waals surface area (Å²) in [6, 6.07) is 4.51. The number of oxime groups is 1. The van der Waals surface area contributed by atoms with Gasteiger partial charge in [-0.2, -0.15) is 0 Å². The largest absolute Gasteiger partial charge is 0.409 e. The fourth-order valence-electron chi connectivity index (χ4n) is 2.49. The molecule has 0 aromatic heterocycles. The second-order valence-corrected chi connectivity index (χ2v) is 7.48. The van der Waals surface area contributed by atoms with Crippen LogP contribution in [0, 0.1) is 0 Å². The Morgan fingerprint density at radius 3 is 2.62 bits per heavy atom. The molecule has 1 aromatic rings. The van der Waals surface area contributed by atoms with Crippen molar-refractivity contribution in [3.05, 3.63) is 28.8 Å². The summed E-state index contributed by atoms with van der Waals surface area (Å²) in [4.78, 5) is 0. The van der Waals surface area contributed by atoms with Crippen molar-refractivity contribution in [1.82, 2.24) is 0 Å². The first-order chi connectivity index (χ1) is 9.94. The fraction of sp³-hybridized carbons (Fsp3) is 0.462. The second kappa shape index (κ2) is 6.53. The van der Waals surface area contributed by atoms with Crippen LogP contribution in [0.4, 0.5) is 5.69 Å². The molecule has 1 aliphatic rings. The number of benzene rings is 1. The molecule has 1 aliphatic carbocycles. The zero-order chi connectivity index (χ0) is 15.5. The number of nitrogens with zero attached hydrogens (tertiary/aromatic N) is 1. The van der Waals surface area contributed by atoms with E-state index in [2.05, 4.69) is 9.88 Å². The molecule has 1 saturated carbocycles. The molecular weight excluding hydrogens is 314 g/mol. The summed E-state index contributed by atoms with van der Waals surface area (Å²) in [6.07, 6.45) is 4.19. The Balaban J connectivity index is 2.31. The first kappa shape index (κ1) is 15.9. The van der Waals surface area contributed by atoms with Gasteiger partial charge in [-0.1, -0.05) is 36.0 Å². The third-order valence-corrected chi connectivity index (χ3v) is 5.70. The number of sulfonamides is 1. The van der Waals surface area contributed by atoms with Crippen molar-refractivity contribution in [3.8, 4) is 0 Å². The molecule has 1 aromatic carbocycles. The molecule has 0 unspecified atom stereocenters. The molecule has 6 nitrogen and oxygen atoms in total. The molecule has 0 heterocycles. The fourth-order valence-corrected chi connectivity index (χ4v) is 4.26. The SMILES string of the molecule is NC(=NO)c1ccc(Cl)cc1NS(=O)(=O)C1CCCCC1. The number of hydrogen-bond donors (Lipinski definition) is 3. The highest BCUT2D eigenvalue weighted by Gasteiger charge is 2.28. The highest BCUT2D eigenvalue weighted by Crippen LogP contribution is 2.28. The molecule has 0 saturated heterocycles. The lowest BCUT2D eigenvalue weighted by molar-refractivity contribution is 0.318. The van der Waals surface area contributed by atoms with Gasteiger partial charge >= 0.3 is 0 Å². The maximum Gasteiger partial charge on any atom is 0.235 e. The predicted molar refractivity (Wildman–Crippen MR) is 83.4 cm³/mol. The Bertz CT molecular complexity index is 640. The average molecular weight is 332 g/mol. The summed E-state index contributed by atoms with van der Waals surface area (Å²) >= 11 is 5.90. The van der Waals surface area contributed by atoms with Gasteiger partial charge in [0.2, 0.25) is 10.0 Å². The Morgan fingerprint density at radius 2 is 2.00 bits per heavy atom. The summed E-state index contributed by atoms with van der Waals surface area (Å²) in [5.41, 5.74) is 6.08. The summed E-state index contributed by atoms with van der Waals surface area (Å²) in [5.74, 6) is -0.173. The molecule has 8 heteroatoms. The van der Waals surface area contributed by atoms with E-state index in [1.54, 1.807) is 6.07 Å². The number of nitrogens with two attached hydrogens (primary N) is 1. The minimum atomic E-state index is -3.52. The van der Waals surface area contributed by atoms with Gasteiger partial charge in [-0.3, -0.25) is 4.72 Å². The lowest BCUT2D eigenvalue weighted by atomic mass is 10.0. The van der Waals surface area contributed by atoms with Gasteiger partial charge in [0.05, 0.1) is 10.9 Å². The van der Waals surface area contributed by atoms with Crippen LogP contribution in [0.3, 0.4) is 0 Å². The van der Waals surface area contributed by atoms with E-state index in [1.165, 1.54) is 12.1 Å². The van der Waals surface area contributed by atoms with Crippen molar-refractivity contribution >= 4 is 33.1 Å². The van der Waals surface area contributed by atoms with E-state index < -0.39 is 15.3 Å². The van der Waals surface area contributed by atoms with Crippen molar-refractivity contribution < 1.29 is 13.6 Å². The number of anilines is 1. The molecule has 0 radical (unpaired) electrons. The summed E-state index contributed by atoms with van der Waals surface area (Å²) in [5, 5.41) is 11.6. The Morgan fingerprint density at radius 1 is 1.33 bits per heavy atom. The van der Waals surface area contributed by atoms with Gasteiger partial charge in [-0.05, 0) is 31.0 Å². The third-order valence-electron chi connectivity index (χ3n) is 3.61. The van der Waals surface area contributed by atoms with Crippen LogP contribution in [-0.2, 0) is 10.0 Å². The molecule has 0 aliphatic heterocycles. The Hall–Kier alpha value is -1.47. The number of hydrogen-bond acceptors (Lipinski definition) is 4. The van der Waals surface area contributed by atoms with E-state index in [0.717, 1.165) is 19.3 Å². The average Bonchev–Trinajstić information content (AvgIpc) is 2.47. The van der Waals surface area contributed by atoms with E-state index in [-0.39, 0.29) is 11.5 Å². The normalized spacial score (nSPS) is 17.7. The number of amidine groups is 1. The molecule has 0 bridgehead atoms. The standard InChI is InChI=1S/C13H18ClN3O3S/c14-9-6-7-11(13(15)16-18)12(8-9)17-21(19,20)10-4-2-1-3-5-10/h6-8,10,17-18H,1-5H2,(H2,15,16). The quantitative estimate of drug-likeness (QED) is 0.341. The second-order valence-electron chi connectivity index (χ2n) is 5.08. The Labute approximate surface area is 129 Å². The summed E-state index contributed by atoms with van der Waals surface area (Å²) in [6.45, 7) is 0. The first-order valence-electron chi connectivity index (χ1n) is 6.73. The van der Waals surface area contributed by atoms with Crippen LogP contribution < -0.4 is 10.5 Å². The first-order valence-corrected chi connectivity index (χ1v) is 8.65. The smallest absolute Gasteiger partial charge is 0.235 e. The molecule has 0 spiro atoms. The molecule has 4 N–H and O–H groups in total. The zero-order valence-corrected chi connectivity index (χ0v) is 13.0. The molecule has 21 heavy (non-hydrogen) atoms. The number of rotatable bonds is 4. The number of nitrogens with one attached hydrogen (secondary N) is 1. The van der Waals surface area contributed by atoms with Gasteiger partial charge in [0.1, 0.15) is 0 Å². The van der Waals surface area contributed by atoms with Crippen molar-refractivity contribution in [2.24, 2.45) is 10.9 Å². The molecule has 0 amide bonds. The van der Waals surface area contributed by atoms with Gasteiger partial charge in [-0.25, -0.2) is 8.42 Å². The maximum atomic E-state index is 12.4. The highest BCUT2D eigenvalue weighted by molar-refractivity contribution is 7.93. The molecular formula is C13H18ClN3O3S. The highest BCUT2D eigenvalue weighted by atomic mass is 35.5. The van der Waals surface area contributed by atoms with Crippen LogP contribution in [0.2, 0.25) is 5.02 Å². The van der Waals surface area contributed by atoms with Crippen molar-refractivity contribution in [2.45, 2.75) is 37.4 Å².